The van der Waals surface area contributed by atoms with Crippen LogP contribution in [0.2, 0.25) is 0 Å². The molecular formula is C16H19N3. The standard InChI is InChI=1S/C16H19N3/c17-19-16(11-13-6-3-4-10-18-13)15-9-8-12-5-1-2-7-14(12)15/h1-7,10,15-16,19H,8-9,11,17H2. The van der Waals surface area contributed by atoms with Crippen molar-refractivity contribution in [3.63, 3.8) is 0 Å². The Hall–Kier alpha value is -1.71. The maximum Gasteiger partial charge on any atom is 0.0419 e. The van der Waals surface area contributed by atoms with Gasteiger partial charge in [-0.3, -0.25) is 16.3 Å². The van der Waals surface area contributed by atoms with Crippen molar-refractivity contribution >= 4 is 0 Å². The Morgan fingerprint density at radius 3 is 2.84 bits per heavy atom. The molecule has 3 rings (SSSR count). The van der Waals surface area contributed by atoms with Gasteiger partial charge in [-0.1, -0.05) is 30.3 Å². The van der Waals surface area contributed by atoms with E-state index < -0.39 is 0 Å². The number of aromatic nitrogens is 1. The van der Waals surface area contributed by atoms with Gasteiger partial charge in [0.05, 0.1) is 0 Å². The largest absolute Gasteiger partial charge is 0.271 e. The van der Waals surface area contributed by atoms with E-state index in [-0.39, 0.29) is 6.04 Å². The predicted molar refractivity (Wildman–Crippen MR) is 76.6 cm³/mol. The van der Waals surface area contributed by atoms with Crippen LogP contribution >= 0.6 is 0 Å². The minimum absolute atomic E-state index is 0.249. The van der Waals surface area contributed by atoms with Crippen LogP contribution < -0.4 is 11.3 Å². The summed E-state index contributed by atoms with van der Waals surface area (Å²) in [5, 5.41) is 0. The van der Waals surface area contributed by atoms with Crippen molar-refractivity contribution in [3.05, 3.63) is 65.5 Å². The van der Waals surface area contributed by atoms with Crippen molar-refractivity contribution < 1.29 is 0 Å². The normalized spacial score (nSPS) is 19.1. The number of aryl methyl sites for hydroxylation is 1. The number of fused-ring (bicyclic) bond motifs is 1. The minimum Gasteiger partial charge on any atom is -0.271 e. The second-order valence-electron chi connectivity index (χ2n) is 5.14. The SMILES string of the molecule is NNC(Cc1ccccn1)C1CCc2ccccc21. The zero-order valence-electron chi connectivity index (χ0n) is 10.9. The Bertz CT molecular complexity index is 539. The fourth-order valence-electron chi connectivity index (χ4n) is 3.07. The Kier molecular flexibility index (Phi) is 3.58. The summed E-state index contributed by atoms with van der Waals surface area (Å²) in [7, 11) is 0. The Labute approximate surface area is 113 Å². The van der Waals surface area contributed by atoms with E-state index in [1.165, 1.54) is 17.5 Å². The number of nitrogens with zero attached hydrogens (tertiary/aromatic N) is 1. The lowest BCUT2D eigenvalue weighted by atomic mass is 9.90. The van der Waals surface area contributed by atoms with Gasteiger partial charge in [0.1, 0.15) is 0 Å². The van der Waals surface area contributed by atoms with Gasteiger partial charge in [-0.15, -0.1) is 0 Å². The quantitative estimate of drug-likeness (QED) is 0.648. The lowest BCUT2D eigenvalue weighted by Crippen LogP contribution is -2.41. The Morgan fingerprint density at radius 2 is 2.05 bits per heavy atom. The molecule has 3 nitrogen and oxygen atoms in total. The van der Waals surface area contributed by atoms with Gasteiger partial charge in [0.15, 0.2) is 0 Å². The molecule has 1 aliphatic rings. The molecule has 3 heteroatoms. The van der Waals surface area contributed by atoms with Crippen LogP contribution in [0.5, 0.6) is 0 Å². The molecule has 1 aromatic heterocycles. The third-order valence-electron chi connectivity index (χ3n) is 4.03. The zero-order valence-corrected chi connectivity index (χ0v) is 10.9. The molecule has 0 radical (unpaired) electrons. The third kappa shape index (κ3) is 2.53. The van der Waals surface area contributed by atoms with Gasteiger partial charge in [-0.2, -0.15) is 0 Å². The van der Waals surface area contributed by atoms with Crippen molar-refractivity contribution in [2.75, 3.05) is 0 Å². The summed E-state index contributed by atoms with van der Waals surface area (Å²) in [5.74, 6) is 6.27. The van der Waals surface area contributed by atoms with Crippen LogP contribution in [0.3, 0.4) is 0 Å². The predicted octanol–water partition coefficient (Wildman–Crippen LogP) is 2.19. The molecule has 0 amide bonds. The second kappa shape index (κ2) is 5.51. The molecule has 0 fully saturated rings. The minimum atomic E-state index is 0.249. The fourth-order valence-corrected chi connectivity index (χ4v) is 3.07. The average molecular weight is 253 g/mol. The number of hydrogen-bond acceptors (Lipinski definition) is 3. The first kappa shape index (κ1) is 12.3. The number of hydrogen-bond donors (Lipinski definition) is 2. The van der Waals surface area contributed by atoms with Crippen molar-refractivity contribution in [3.8, 4) is 0 Å². The molecule has 3 N–H and O–H groups in total. The first-order valence-corrected chi connectivity index (χ1v) is 6.82. The average Bonchev–Trinajstić information content (AvgIpc) is 2.90. The molecule has 2 atom stereocenters. The van der Waals surface area contributed by atoms with Crippen LogP contribution in [0.25, 0.3) is 0 Å². The highest BCUT2D eigenvalue weighted by atomic mass is 15.2. The lowest BCUT2D eigenvalue weighted by Gasteiger charge is -2.23. The highest BCUT2D eigenvalue weighted by Crippen LogP contribution is 2.35. The maximum absolute atomic E-state index is 5.78. The number of pyridine rings is 1. The van der Waals surface area contributed by atoms with Crippen molar-refractivity contribution in [2.24, 2.45) is 5.84 Å². The summed E-state index contributed by atoms with van der Waals surface area (Å²) < 4.78 is 0. The molecule has 1 aromatic carbocycles. The summed E-state index contributed by atoms with van der Waals surface area (Å²) in [6, 6.07) is 15.0. The van der Waals surface area contributed by atoms with Gasteiger partial charge in [0.25, 0.3) is 0 Å². The summed E-state index contributed by atoms with van der Waals surface area (Å²) in [6.45, 7) is 0. The van der Waals surface area contributed by atoms with E-state index >= 15 is 0 Å². The molecule has 2 aromatic rings. The molecule has 1 heterocycles. The van der Waals surface area contributed by atoms with E-state index in [1.54, 1.807) is 0 Å². The van der Waals surface area contributed by atoms with E-state index in [0.29, 0.717) is 5.92 Å². The molecule has 19 heavy (non-hydrogen) atoms. The smallest absolute Gasteiger partial charge is 0.0419 e. The fraction of sp³-hybridized carbons (Fsp3) is 0.312. The van der Waals surface area contributed by atoms with Gasteiger partial charge in [-0.05, 0) is 36.1 Å². The molecule has 2 unspecified atom stereocenters. The lowest BCUT2D eigenvalue weighted by molar-refractivity contribution is 0.431. The third-order valence-corrected chi connectivity index (χ3v) is 4.03. The van der Waals surface area contributed by atoms with Gasteiger partial charge >= 0.3 is 0 Å². The number of hydrazine groups is 1. The maximum atomic E-state index is 5.78. The van der Waals surface area contributed by atoms with Crippen LogP contribution in [0, 0.1) is 0 Å². The summed E-state index contributed by atoms with van der Waals surface area (Å²) in [6.07, 6.45) is 5.03. The molecule has 1 aliphatic carbocycles. The first-order chi connectivity index (χ1) is 9.38. The van der Waals surface area contributed by atoms with E-state index in [9.17, 15) is 0 Å². The highest BCUT2D eigenvalue weighted by molar-refractivity contribution is 5.36. The highest BCUT2D eigenvalue weighted by Gasteiger charge is 2.29. The van der Waals surface area contributed by atoms with Gasteiger partial charge in [0, 0.05) is 30.3 Å². The van der Waals surface area contributed by atoms with Gasteiger partial charge in [-0.25, -0.2) is 0 Å². The molecule has 98 valence electrons. The molecule has 0 saturated carbocycles. The monoisotopic (exact) mass is 253 g/mol. The van der Waals surface area contributed by atoms with Crippen LogP contribution in [0.15, 0.2) is 48.7 Å². The number of benzene rings is 1. The molecule has 0 saturated heterocycles. The Morgan fingerprint density at radius 1 is 1.21 bits per heavy atom. The van der Waals surface area contributed by atoms with E-state index in [2.05, 4.69) is 40.7 Å². The van der Waals surface area contributed by atoms with E-state index in [4.69, 9.17) is 5.84 Å². The van der Waals surface area contributed by atoms with Crippen LogP contribution in [0.4, 0.5) is 0 Å². The number of rotatable bonds is 4. The Balaban J connectivity index is 1.81. The van der Waals surface area contributed by atoms with Crippen LogP contribution in [0.1, 0.15) is 29.2 Å². The number of nitrogens with one attached hydrogen (secondary N) is 1. The van der Waals surface area contributed by atoms with Gasteiger partial charge < -0.3 is 0 Å². The second-order valence-corrected chi connectivity index (χ2v) is 5.14. The summed E-state index contributed by atoms with van der Waals surface area (Å²) >= 11 is 0. The van der Waals surface area contributed by atoms with Crippen LogP contribution in [-0.2, 0) is 12.8 Å². The summed E-state index contributed by atoms with van der Waals surface area (Å²) in [4.78, 5) is 4.40. The van der Waals surface area contributed by atoms with Crippen LogP contribution in [-0.4, -0.2) is 11.0 Å². The molecule has 0 spiro atoms. The molecule has 0 bridgehead atoms. The van der Waals surface area contributed by atoms with E-state index in [1.807, 2.05) is 18.3 Å². The van der Waals surface area contributed by atoms with Crippen molar-refractivity contribution in [2.45, 2.75) is 31.2 Å². The topological polar surface area (TPSA) is 50.9 Å². The molecular weight excluding hydrogens is 234 g/mol. The zero-order chi connectivity index (χ0) is 13.1. The van der Waals surface area contributed by atoms with E-state index in [0.717, 1.165) is 18.5 Å². The van der Waals surface area contributed by atoms with Gasteiger partial charge in [0.2, 0.25) is 0 Å². The van der Waals surface area contributed by atoms with Crippen molar-refractivity contribution in [1.82, 2.24) is 10.4 Å². The summed E-state index contributed by atoms with van der Waals surface area (Å²) in [5.41, 5.74) is 7.00. The van der Waals surface area contributed by atoms with Crippen molar-refractivity contribution in [1.29, 1.82) is 0 Å². The molecule has 0 aliphatic heterocycles. The first-order valence-electron chi connectivity index (χ1n) is 6.82. The number of nitrogens with two attached hydrogens (primary N) is 1.